The van der Waals surface area contributed by atoms with E-state index >= 15 is 0 Å². The standard InChI is InChI=1S/C10H11ClF3NO/c1-6(10(12,13)14)16-8-3-2-7(5-15)9(11)4-8/h2-4,6H,5,15H2,1H3. The van der Waals surface area contributed by atoms with Crippen LogP contribution >= 0.6 is 11.6 Å². The molecule has 6 heteroatoms. The smallest absolute Gasteiger partial charge is 0.425 e. The molecule has 0 amide bonds. The van der Waals surface area contributed by atoms with Crippen molar-refractivity contribution < 1.29 is 17.9 Å². The molecule has 0 bridgehead atoms. The van der Waals surface area contributed by atoms with Crippen molar-refractivity contribution in [3.05, 3.63) is 28.8 Å². The molecule has 1 unspecified atom stereocenters. The van der Waals surface area contributed by atoms with Crippen LogP contribution in [0.3, 0.4) is 0 Å². The lowest BCUT2D eigenvalue weighted by Crippen LogP contribution is -2.31. The zero-order valence-electron chi connectivity index (χ0n) is 8.51. The van der Waals surface area contributed by atoms with Crippen LogP contribution < -0.4 is 10.5 Å². The van der Waals surface area contributed by atoms with E-state index in [1.807, 2.05) is 0 Å². The van der Waals surface area contributed by atoms with Gasteiger partial charge in [0.1, 0.15) is 5.75 Å². The Hall–Kier alpha value is -0.940. The van der Waals surface area contributed by atoms with Crippen LogP contribution in [-0.2, 0) is 6.54 Å². The van der Waals surface area contributed by atoms with E-state index in [-0.39, 0.29) is 12.3 Å². The van der Waals surface area contributed by atoms with Gasteiger partial charge < -0.3 is 10.5 Å². The third-order valence-corrected chi connectivity index (χ3v) is 2.37. The number of alkyl halides is 3. The maximum absolute atomic E-state index is 12.2. The predicted octanol–water partition coefficient (Wildman–Crippen LogP) is 3.13. The fraction of sp³-hybridized carbons (Fsp3) is 0.400. The van der Waals surface area contributed by atoms with E-state index in [4.69, 9.17) is 22.1 Å². The van der Waals surface area contributed by atoms with Gasteiger partial charge in [0.25, 0.3) is 0 Å². The average molecular weight is 254 g/mol. The van der Waals surface area contributed by atoms with Crippen LogP contribution in [0.15, 0.2) is 18.2 Å². The van der Waals surface area contributed by atoms with E-state index in [1.54, 1.807) is 6.07 Å². The van der Waals surface area contributed by atoms with Gasteiger partial charge in [0.05, 0.1) is 0 Å². The Morgan fingerprint density at radius 1 is 1.44 bits per heavy atom. The summed E-state index contributed by atoms with van der Waals surface area (Å²) < 4.78 is 41.3. The Morgan fingerprint density at radius 3 is 2.50 bits per heavy atom. The van der Waals surface area contributed by atoms with Crippen molar-refractivity contribution in [2.75, 3.05) is 0 Å². The summed E-state index contributed by atoms with van der Waals surface area (Å²) in [5, 5.41) is 0.300. The summed E-state index contributed by atoms with van der Waals surface area (Å²) in [5.41, 5.74) is 6.03. The lowest BCUT2D eigenvalue weighted by Gasteiger charge is -2.18. The molecule has 2 nitrogen and oxygen atoms in total. The fourth-order valence-electron chi connectivity index (χ4n) is 1.04. The molecule has 1 rings (SSSR count). The van der Waals surface area contributed by atoms with Gasteiger partial charge in [-0.1, -0.05) is 17.7 Å². The van der Waals surface area contributed by atoms with Gasteiger partial charge in [0.15, 0.2) is 6.10 Å². The number of benzene rings is 1. The molecule has 0 aliphatic rings. The topological polar surface area (TPSA) is 35.2 Å². The van der Waals surface area contributed by atoms with Crippen LogP contribution in [0.25, 0.3) is 0 Å². The highest BCUT2D eigenvalue weighted by molar-refractivity contribution is 6.31. The van der Waals surface area contributed by atoms with Crippen molar-refractivity contribution in [3.63, 3.8) is 0 Å². The van der Waals surface area contributed by atoms with Crippen LogP contribution in [0.2, 0.25) is 5.02 Å². The third kappa shape index (κ3) is 3.28. The van der Waals surface area contributed by atoms with E-state index in [0.717, 1.165) is 6.92 Å². The molecule has 0 spiro atoms. The van der Waals surface area contributed by atoms with Gasteiger partial charge >= 0.3 is 6.18 Å². The Balaban J connectivity index is 2.79. The molecule has 0 aromatic heterocycles. The zero-order valence-corrected chi connectivity index (χ0v) is 9.27. The first kappa shape index (κ1) is 13.1. The quantitative estimate of drug-likeness (QED) is 0.898. The Labute approximate surface area is 96.1 Å². The zero-order chi connectivity index (χ0) is 12.3. The van der Waals surface area contributed by atoms with Crippen LogP contribution in [-0.4, -0.2) is 12.3 Å². The highest BCUT2D eigenvalue weighted by Gasteiger charge is 2.38. The summed E-state index contributed by atoms with van der Waals surface area (Å²) >= 11 is 5.79. The second-order valence-corrected chi connectivity index (χ2v) is 3.67. The molecule has 0 saturated heterocycles. The van der Waals surface area contributed by atoms with Gasteiger partial charge in [-0.3, -0.25) is 0 Å². The number of halogens is 4. The van der Waals surface area contributed by atoms with E-state index in [1.165, 1.54) is 12.1 Å². The average Bonchev–Trinajstić information content (AvgIpc) is 2.16. The highest BCUT2D eigenvalue weighted by Crippen LogP contribution is 2.27. The van der Waals surface area contributed by atoms with Crippen LogP contribution in [0.1, 0.15) is 12.5 Å². The molecular formula is C10H11ClF3NO. The molecule has 2 N–H and O–H groups in total. The van der Waals surface area contributed by atoms with E-state index in [0.29, 0.717) is 10.6 Å². The first-order valence-corrected chi connectivity index (χ1v) is 4.94. The van der Waals surface area contributed by atoms with E-state index < -0.39 is 12.3 Å². The SMILES string of the molecule is CC(Oc1ccc(CN)c(Cl)c1)C(F)(F)F. The van der Waals surface area contributed by atoms with Crippen LogP contribution in [0.4, 0.5) is 13.2 Å². The number of nitrogens with two attached hydrogens (primary N) is 1. The predicted molar refractivity (Wildman–Crippen MR) is 55.5 cm³/mol. The van der Waals surface area contributed by atoms with Crippen molar-refractivity contribution in [2.45, 2.75) is 25.7 Å². The molecular weight excluding hydrogens is 243 g/mol. The minimum absolute atomic E-state index is 0.0759. The first-order valence-electron chi connectivity index (χ1n) is 4.56. The monoisotopic (exact) mass is 253 g/mol. The van der Waals surface area contributed by atoms with Gasteiger partial charge in [-0.2, -0.15) is 13.2 Å². The molecule has 0 aliphatic carbocycles. The Morgan fingerprint density at radius 2 is 2.06 bits per heavy atom. The second kappa shape index (κ2) is 4.93. The normalized spacial score (nSPS) is 13.6. The van der Waals surface area contributed by atoms with E-state index in [9.17, 15) is 13.2 Å². The van der Waals surface area contributed by atoms with Crippen molar-refractivity contribution in [1.82, 2.24) is 0 Å². The largest absolute Gasteiger partial charge is 0.481 e. The lowest BCUT2D eigenvalue weighted by atomic mass is 10.2. The summed E-state index contributed by atoms with van der Waals surface area (Å²) in [5.74, 6) is 0.0759. The molecule has 90 valence electrons. The van der Waals surface area contributed by atoms with Crippen molar-refractivity contribution in [2.24, 2.45) is 5.73 Å². The number of ether oxygens (including phenoxy) is 1. The summed E-state index contributed by atoms with van der Waals surface area (Å²) in [7, 11) is 0. The maximum Gasteiger partial charge on any atom is 0.425 e. The lowest BCUT2D eigenvalue weighted by molar-refractivity contribution is -0.189. The van der Waals surface area contributed by atoms with E-state index in [2.05, 4.69) is 0 Å². The minimum atomic E-state index is -4.39. The molecule has 0 aliphatic heterocycles. The summed E-state index contributed by atoms with van der Waals surface area (Å²) in [6, 6.07) is 4.28. The van der Waals surface area contributed by atoms with Gasteiger partial charge in [-0.15, -0.1) is 0 Å². The molecule has 1 aromatic carbocycles. The third-order valence-electron chi connectivity index (χ3n) is 2.02. The number of rotatable bonds is 3. The van der Waals surface area contributed by atoms with Crippen molar-refractivity contribution in [1.29, 1.82) is 0 Å². The molecule has 0 radical (unpaired) electrons. The van der Waals surface area contributed by atoms with Gasteiger partial charge in [-0.25, -0.2) is 0 Å². The van der Waals surface area contributed by atoms with Crippen LogP contribution in [0.5, 0.6) is 5.75 Å². The summed E-state index contributed by atoms with van der Waals surface area (Å²) in [6.07, 6.45) is -6.26. The van der Waals surface area contributed by atoms with Gasteiger partial charge in [0, 0.05) is 11.6 Å². The molecule has 0 saturated carbocycles. The van der Waals surface area contributed by atoms with Gasteiger partial charge in [0.2, 0.25) is 0 Å². The molecule has 1 aromatic rings. The van der Waals surface area contributed by atoms with Crippen molar-refractivity contribution in [3.8, 4) is 5.75 Å². The highest BCUT2D eigenvalue weighted by atomic mass is 35.5. The summed E-state index contributed by atoms with van der Waals surface area (Å²) in [4.78, 5) is 0. The molecule has 0 heterocycles. The molecule has 0 fully saturated rings. The fourth-order valence-corrected chi connectivity index (χ4v) is 1.29. The maximum atomic E-state index is 12.2. The summed E-state index contributed by atoms with van der Waals surface area (Å²) in [6.45, 7) is 1.17. The van der Waals surface area contributed by atoms with Crippen LogP contribution in [0, 0.1) is 0 Å². The minimum Gasteiger partial charge on any atom is -0.481 e. The Bertz CT molecular complexity index is 368. The van der Waals surface area contributed by atoms with Crippen molar-refractivity contribution >= 4 is 11.6 Å². The number of hydrogen-bond acceptors (Lipinski definition) is 2. The number of hydrogen-bond donors (Lipinski definition) is 1. The second-order valence-electron chi connectivity index (χ2n) is 3.26. The molecule has 16 heavy (non-hydrogen) atoms. The molecule has 1 atom stereocenters. The van der Waals surface area contributed by atoms with Gasteiger partial charge in [-0.05, 0) is 24.6 Å². The Kier molecular flexibility index (Phi) is 4.04. The first-order chi connectivity index (χ1) is 7.34.